The molecule has 0 aliphatic carbocycles. The van der Waals surface area contributed by atoms with Crippen molar-refractivity contribution in [1.82, 2.24) is 0 Å². The SMILES string of the molecule is CCC(C)c1ccc(NC(C)c2ccc(O)cc2F)cc1. The third-order valence-electron chi connectivity index (χ3n) is 3.93. The highest BCUT2D eigenvalue weighted by Crippen LogP contribution is 2.26. The van der Waals surface area contributed by atoms with Crippen LogP contribution in [-0.4, -0.2) is 5.11 Å². The average molecular weight is 287 g/mol. The minimum atomic E-state index is -0.397. The minimum absolute atomic E-state index is 0.0543. The summed E-state index contributed by atoms with van der Waals surface area (Å²) in [6, 6.07) is 12.3. The molecule has 0 aromatic heterocycles. The molecule has 3 heteroatoms. The lowest BCUT2D eigenvalue weighted by Crippen LogP contribution is -2.08. The van der Waals surface area contributed by atoms with Crippen LogP contribution in [-0.2, 0) is 0 Å². The van der Waals surface area contributed by atoms with Gasteiger partial charge in [0.25, 0.3) is 0 Å². The number of rotatable bonds is 5. The number of hydrogen-bond acceptors (Lipinski definition) is 2. The van der Waals surface area contributed by atoms with Crippen LogP contribution in [0.25, 0.3) is 0 Å². The summed E-state index contributed by atoms with van der Waals surface area (Å²) in [7, 11) is 0. The summed E-state index contributed by atoms with van der Waals surface area (Å²) in [4.78, 5) is 0. The van der Waals surface area contributed by atoms with Crippen molar-refractivity contribution in [2.24, 2.45) is 0 Å². The van der Waals surface area contributed by atoms with Crippen LogP contribution in [0.4, 0.5) is 10.1 Å². The smallest absolute Gasteiger partial charge is 0.132 e. The summed E-state index contributed by atoms with van der Waals surface area (Å²) < 4.78 is 13.8. The number of nitrogens with one attached hydrogen (secondary N) is 1. The van der Waals surface area contributed by atoms with E-state index in [1.54, 1.807) is 6.07 Å². The Balaban J connectivity index is 2.10. The number of aromatic hydroxyl groups is 1. The predicted octanol–water partition coefficient (Wildman–Crippen LogP) is 5.22. The van der Waals surface area contributed by atoms with E-state index >= 15 is 0 Å². The Morgan fingerprint density at radius 3 is 2.33 bits per heavy atom. The molecule has 2 aromatic rings. The van der Waals surface area contributed by atoms with Gasteiger partial charge < -0.3 is 10.4 Å². The van der Waals surface area contributed by atoms with Crippen molar-refractivity contribution in [2.45, 2.75) is 39.2 Å². The third kappa shape index (κ3) is 3.75. The fraction of sp³-hybridized carbons (Fsp3) is 0.333. The van der Waals surface area contributed by atoms with Crippen LogP contribution in [0.3, 0.4) is 0 Å². The van der Waals surface area contributed by atoms with E-state index in [2.05, 4.69) is 31.3 Å². The summed E-state index contributed by atoms with van der Waals surface area (Å²) >= 11 is 0. The van der Waals surface area contributed by atoms with Crippen LogP contribution >= 0.6 is 0 Å². The molecule has 2 N–H and O–H groups in total. The van der Waals surface area contributed by atoms with Crippen molar-refractivity contribution >= 4 is 5.69 Å². The van der Waals surface area contributed by atoms with E-state index in [0.29, 0.717) is 11.5 Å². The van der Waals surface area contributed by atoms with E-state index in [9.17, 15) is 9.50 Å². The first kappa shape index (κ1) is 15.4. The summed E-state index contributed by atoms with van der Waals surface area (Å²) in [5.41, 5.74) is 2.81. The van der Waals surface area contributed by atoms with E-state index in [-0.39, 0.29) is 11.8 Å². The molecule has 0 amide bonds. The van der Waals surface area contributed by atoms with Gasteiger partial charge in [-0.25, -0.2) is 4.39 Å². The van der Waals surface area contributed by atoms with Gasteiger partial charge in [0.1, 0.15) is 11.6 Å². The Labute approximate surface area is 125 Å². The largest absolute Gasteiger partial charge is 0.508 e. The first-order valence-corrected chi connectivity index (χ1v) is 7.36. The summed E-state index contributed by atoms with van der Waals surface area (Å²) in [5, 5.41) is 12.5. The quantitative estimate of drug-likeness (QED) is 0.790. The highest BCUT2D eigenvalue weighted by Gasteiger charge is 2.11. The molecule has 0 heterocycles. The molecule has 21 heavy (non-hydrogen) atoms. The lowest BCUT2D eigenvalue weighted by molar-refractivity contribution is 0.467. The fourth-order valence-electron chi connectivity index (χ4n) is 2.34. The number of benzene rings is 2. The van der Waals surface area contributed by atoms with Gasteiger partial charge >= 0.3 is 0 Å². The minimum Gasteiger partial charge on any atom is -0.508 e. The Hall–Kier alpha value is -2.03. The molecule has 0 aliphatic rings. The molecule has 0 fully saturated rings. The topological polar surface area (TPSA) is 32.3 Å². The molecule has 0 radical (unpaired) electrons. The van der Waals surface area contributed by atoms with Crippen LogP contribution in [0.15, 0.2) is 42.5 Å². The number of hydrogen-bond donors (Lipinski definition) is 2. The van der Waals surface area contributed by atoms with E-state index < -0.39 is 5.82 Å². The zero-order chi connectivity index (χ0) is 15.4. The third-order valence-corrected chi connectivity index (χ3v) is 3.93. The van der Waals surface area contributed by atoms with Crippen LogP contribution < -0.4 is 5.32 Å². The fourth-order valence-corrected chi connectivity index (χ4v) is 2.34. The standard InChI is InChI=1S/C18H22FNO/c1-4-12(2)14-5-7-15(8-6-14)20-13(3)17-10-9-16(21)11-18(17)19/h5-13,20-21H,4H2,1-3H3. The first-order valence-electron chi connectivity index (χ1n) is 7.36. The van der Waals surface area contributed by atoms with Crippen LogP contribution in [0.1, 0.15) is 50.3 Å². The Kier molecular flexibility index (Phi) is 4.84. The summed E-state index contributed by atoms with van der Waals surface area (Å²) in [6.45, 7) is 6.28. The Bertz CT molecular complexity index is 595. The van der Waals surface area contributed by atoms with Crippen LogP contribution in [0, 0.1) is 5.82 Å². The lowest BCUT2D eigenvalue weighted by Gasteiger charge is -2.17. The number of halogens is 1. The van der Waals surface area contributed by atoms with Crippen molar-refractivity contribution in [2.75, 3.05) is 5.32 Å². The summed E-state index contributed by atoms with van der Waals surface area (Å²) in [6.07, 6.45) is 1.11. The van der Waals surface area contributed by atoms with Gasteiger partial charge in [0.05, 0.1) is 6.04 Å². The van der Waals surface area contributed by atoms with Gasteiger partial charge in [0.2, 0.25) is 0 Å². The maximum atomic E-state index is 13.8. The molecule has 2 rings (SSSR count). The monoisotopic (exact) mass is 287 g/mol. The summed E-state index contributed by atoms with van der Waals surface area (Å²) in [5.74, 6) is 0.0959. The van der Waals surface area contributed by atoms with Crippen LogP contribution in [0.5, 0.6) is 5.75 Å². The van der Waals surface area contributed by atoms with Gasteiger partial charge in [-0.2, -0.15) is 0 Å². The average Bonchev–Trinajstić information content (AvgIpc) is 2.47. The highest BCUT2D eigenvalue weighted by atomic mass is 19.1. The molecule has 2 nitrogen and oxygen atoms in total. The van der Waals surface area contributed by atoms with Crippen molar-refractivity contribution in [1.29, 1.82) is 0 Å². The normalized spacial score (nSPS) is 13.7. The van der Waals surface area contributed by atoms with Gasteiger partial charge in [-0.15, -0.1) is 0 Å². The van der Waals surface area contributed by atoms with Gasteiger partial charge in [-0.1, -0.05) is 32.0 Å². The van der Waals surface area contributed by atoms with Gasteiger partial charge in [-0.3, -0.25) is 0 Å². The Morgan fingerprint density at radius 2 is 1.76 bits per heavy atom. The second kappa shape index (κ2) is 6.61. The van der Waals surface area contributed by atoms with Gasteiger partial charge in [-0.05, 0) is 43.0 Å². The molecule has 2 aromatic carbocycles. The molecule has 0 spiro atoms. The second-order valence-corrected chi connectivity index (χ2v) is 5.50. The maximum absolute atomic E-state index is 13.8. The van der Waals surface area contributed by atoms with E-state index in [4.69, 9.17) is 0 Å². The molecular weight excluding hydrogens is 265 g/mol. The number of phenolic OH excluding ortho intramolecular Hbond substituents is 1. The highest BCUT2D eigenvalue weighted by molar-refractivity contribution is 5.47. The van der Waals surface area contributed by atoms with Gasteiger partial charge in [0, 0.05) is 17.3 Å². The van der Waals surface area contributed by atoms with Crippen molar-refractivity contribution in [3.8, 4) is 5.75 Å². The second-order valence-electron chi connectivity index (χ2n) is 5.50. The predicted molar refractivity (Wildman–Crippen MR) is 85.3 cm³/mol. The van der Waals surface area contributed by atoms with Crippen LogP contribution in [0.2, 0.25) is 0 Å². The van der Waals surface area contributed by atoms with Crippen molar-refractivity contribution < 1.29 is 9.50 Å². The molecule has 2 atom stereocenters. The van der Waals surface area contributed by atoms with E-state index in [1.807, 2.05) is 19.1 Å². The molecular formula is C18H22FNO. The molecule has 0 saturated carbocycles. The molecule has 2 unspecified atom stereocenters. The maximum Gasteiger partial charge on any atom is 0.132 e. The molecule has 0 aliphatic heterocycles. The lowest BCUT2D eigenvalue weighted by atomic mass is 9.98. The zero-order valence-corrected chi connectivity index (χ0v) is 12.7. The molecule has 0 bridgehead atoms. The van der Waals surface area contributed by atoms with Crippen molar-refractivity contribution in [3.05, 3.63) is 59.4 Å². The first-order chi connectivity index (χ1) is 10.0. The number of phenols is 1. The van der Waals surface area contributed by atoms with E-state index in [1.165, 1.54) is 11.6 Å². The van der Waals surface area contributed by atoms with Crippen molar-refractivity contribution in [3.63, 3.8) is 0 Å². The number of anilines is 1. The van der Waals surface area contributed by atoms with Gasteiger partial charge in [0.15, 0.2) is 0 Å². The molecule has 0 saturated heterocycles. The molecule has 112 valence electrons. The zero-order valence-electron chi connectivity index (χ0n) is 12.7. The van der Waals surface area contributed by atoms with E-state index in [0.717, 1.165) is 18.2 Å². The Morgan fingerprint density at radius 1 is 1.10 bits per heavy atom.